The summed E-state index contributed by atoms with van der Waals surface area (Å²) in [6.45, 7) is 4.65. The van der Waals surface area contributed by atoms with E-state index in [1.54, 1.807) is 0 Å². The predicted molar refractivity (Wildman–Crippen MR) is 88.6 cm³/mol. The Morgan fingerprint density at radius 3 is 2.88 bits per heavy atom. The van der Waals surface area contributed by atoms with Crippen LogP contribution in [0.4, 0.5) is 0 Å². The number of ether oxygens (including phenoxy) is 4. The quantitative estimate of drug-likeness (QED) is 0.718. The molecule has 2 aliphatic rings. The van der Waals surface area contributed by atoms with E-state index >= 15 is 0 Å². The van der Waals surface area contributed by atoms with Crippen LogP contribution in [-0.4, -0.2) is 38.7 Å². The van der Waals surface area contributed by atoms with Crippen LogP contribution in [0.2, 0.25) is 0 Å². The Kier molecular flexibility index (Phi) is 5.87. The van der Waals surface area contributed by atoms with Crippen LogP contribution in [0.3, 0.4) is 0 Å². The summed E-state index contributed by atoms with van der Waals surface area (Å²) in [7, 11) is 0. The van der Waals surface area contributed by atoms with E-state index in [1.807, 2.05) is 19.1 Å². The first-order valence-electron chi connectivity index (χ1n) is 8.78. The maximum atomic E-state index is 11.9. The third-order valence-corrected chi connectivity index (χ3v) is 4.66. The number of carbonyl (C=O) groups excluding carboxylic acids is 1. The van der Waals surface area contributed by atoms with Crippen molar-refractivity contribution in [2.45, 2.75) is 50.9 Å². The van der Waals surface area contributed by atoms with E-state index in [-0.39, 0.29) is 17.7 Å². The van der Waals surface area contributed by atoms with Gasteiger partial charge in [0.05, 0.1) is 38.3 Å². The lowest BCUT2D eigenvalue weighted by atomic mass is 9.75. The molecule has 132 valence electrons. The van der Waals surface area contributed by atoms with Crippen molar-refractivity contribution in [3.05, 3.63) is 35.4 Å². The molecule has 0 bridgehead atoms. The smallest absolute Gasteiger partial charge is 0.306 e. The molecule has 1 aromatic carbocycles. The van der Waals surface area contributed by atoms with Gasteiger partial charge in [-0.15, -0.1) is 0 Å². The molecule has 1 atom stereocenters. The largest absolute Gasteiger partial charge is 0.466 e. The number of esters is 1. The van der Waals surface area contributed by atoms with Gasteiger partial charge in [0.1, 0.15) is 0 Å². The summed E-state index contributed by atoms with van der Waals surface area (Å²) in [5.41, 5.74) is 1.95. The molecule has 0 spiro atoms. The molecule has 5 heteroatoms. The molecule has 0 aromatic heterocycles. The van der Waals surface area contributed by atoms with Crippen LogP contribution in [-0.2, 0) is 35.8 Å². The zero-order valence-electron chi connectivity index (χ0n) is 14.3. The molecular formula is C19H26O5. The summed E-state index contributed by atoms with van der Waals surface area (Å²) in [6.07, 6.45) is 3.50. The first kappa shape index (κ1) is 17.4. The molecule has 0 N–H and O–H groups in total. The van der Waals surface area contributed by atoms with Gasteiger partial charge in [0.2, 0.25) is 0 Å². The molecule has 3 rings (SSSR count). The minimum atomic E-state index is -0.260. The lowest BCUT2D eigenvalue weighted by Crippen LogP contribution is -2.48. The second kappa shape index (κ2) is 8.10. The van der Waals surface area contributed by atoms with Gasteiger partial charge >= 0.3 is 5.97 Å². The van der Waals surface area contributed by atoms with Gasteiger partial charge in [-0.25, -0.2) is 0 Å². The Morgan fingerprint density at radius 1 is 1.33 bits per heavy atom. The van der Waals surface area contributed by atoms with Crippen molar-refractivity contribution in [1.29, 1.82) is 0 Å². The van der Waals surface area contributed by atoms with Crippen LogP contribution < -0.4 is 0 Å². The highest BCUT2D eigenvalue weighted by Crippen LogP contribution is 2.36. The van der Waals surface area contributed by atoms with Crippen LogP contribution in [0.1, 0.15) is 43.7 Å². The average molecular weight is 334 g/mol. The van der Waals surface area contributed by atoms with Crippen molar-refractivity contribution < 1.29 is 23.7 Å². The molecule has 5 nitrogen and oxygen atoms in total. The van der Waals surface area contributed by atoms with Crippen LogP contribution in [0.25, 0.3) is 0 Å². The van der Waals surface area contributed by atoms with E-state index in [0.717, 1.165) is 37.0 Å². The molecule has 2 aliphatic heterocycles. The van der Waals surface area contributed by atoms with E-state index in [9.17, 15) is 4.79 Å². The lowest BCUT2D eigenvalue weighted by Gasteiger charge is -2.41. The van der Waals surface area contributed by atoms with Crippen molar-refractivity contribution in [2.75, 3.05) is 26.4 Å². The first-order valence-corrected chi connectivity index (χ1v) is 8.78. The molecule has 2 heterocycles. The summed E-state index contributed by atoms with van der Waals surface area (Å²) in [5.74, 6) is -0.168. The van der Waals surface area contributed by atoms with Gasteiger partial charge in [0, 0.05) is 6.61 Å². The van der Waals surface area contributed by atoms with Gasteiger partial charge in [-0.05, 0) is 37.3 Å². The fraction of sp³-hybridized carbons (Fsp3) is 0.632. The average Bonchev–Trinajstić information content (AvgIpc) is 2.58. The van der Waals surface area contributed by atoms with Crippen molar-refractivity contribution in [3.63, 3.8) is 0 Å². The minimum absolute atomic E-state index is 0.0945. The van der Waals surface area contributed by atoms with Gasteiger partial charge < -0.3 is 18.9 Å². The Balaban J connectivity index is 1.63. The third-order valence-electron chi connectivity index (χ3n) is 4.66. The Hall–Kier alpha value is -1.43. The summed E-state index contributed by atoms with van der Waals surface area (Å²) in [6, 6.07) is 8.23. The minimum Gasteiger partial charge on any atom is -0.466 e. The highest BCUT2D eigenvalue weighted by atomic mass is 16.7. The van der Waals surface area contributed by atoms with Crippen LogP contribution >= 0.6 is 0 Å². The zero-order valence-corrected chi connectivity index (χ0v) is 14.3. The van der Waals surface area contributed by atoms with Gasteiger partial charge in [-0.2, -0.15) is 0 Å². The van der Waals surface area contributed by atoms with E-state index in [0.29, 0.717) is 32.8 Å². The van der Waals surface area contributed by atoms with Gasteiger partial charge in [0.15, 0.2) is 6.29 Å². The molecule has 24 heavy (non-hydrogen) atoms. The van der Waals surface area contributed by atoms with E-state index in [4.69, 9.17) is 18.9 Å². The second-order valence-electron chi connectivity index (χ2n) is 6.56. The highest BCUT2D eigenvalue weighted by molar-refractivity contribution is 5.72. The van der Waals surface area contributed by atoms with Crippen molar-refractivity contribution in [2.24, 2.45) is 0 Å². The Morgan fingerprint density at radius 2 is 2.21 bits per heavy atom. The molecule has 0 radical (unpaired) electrons. The molecule has 0 aliphatic carbocycles. The topological polar surface area (TPSA) is 54.0 Å². The molecule has 2 saturated heterocycles. The van der Waals surface area contributed by atoms with Crippen LogP contribution in [0, 0.1) is 0 Å². The van der Waals surface area contributed by atoms with Gasteiger partial charge in [-0.3, -0.25) is 4.79 Å². The standard InChI is InChI=1S/C19H26O5/c1-2-22-17(20)11-19(13-21-14-19)16-7-5-6-15(10-16)12-24-18-8-3-4-9-23-18/h5-7,10,18H,2-4,8-9,11-14H2,1H3. The van der Waals surface area contributed by atoms with E-state index in [2.05, 4.69) is 12.1 Å². The normalized spacial score (nSPS) is 22.6. The van der Waals surface area contributed by atoms with E-state index < -0.39 is 0 Å². The second-order valence-corrected chi connectivity index (χ2v) is 6.56. The maximum absolute atomic E-state index is 11.9. The predicted octanol–water partition coefficient (Wildman–Crippen LogP) is 2.95. The SMILES string of the molecule is CCOC(=O)CC1(c2cccc(COC3CCCCO3)c2)COC1. The maximum Gasteiger partial charge on any atom is 0.306 e. The number of carbonyl (C=O) groups is 1. The number of hydrogen-bond donors (Lipinski definition) is 0. The molecule has 1 unspecified atom stereocenters. The number of benzene rings is 1. The highest BCUT2D eigenvalue weighted by Gasteiger charge is 2.42. The summed E-state index contributed by atoms with van der Waals surface area (Å²) >= 11 is 0. The van der Waals surface area contributed by atoms with Gasteiger partial charge in [-0.1, -0.05) is 24.3 Å². The van der Waals surface area contributed by atoms with Crippen molar-refractivity contribution in [1.82, 2.24) is 0 Å². The fourth-order valence-electron chi connectivity index (χ4n) is 3.23. The Bertz CT molecular complexity index is 546. The lowest BCUT2D eigenvalue weighted by molar-refractivity contribution is -0.168. The van der Waals surface area contributed by atoms with Gasteiger partial charge in [0.25, 0.3) is 0 Å². The monoisotopic (exact) mass is 334 g/mol. The first-order chi connectivity index (χ1) is 11.7. The van der Waals surface area contributed by atoms with Crippen LogP contribution in [0.15, 0.2) is 24.3 Å². The fourth-order valence-corrected chi connectivity index (χ4v) is 3.23. The number of hydrogen-bond acceptors (Lipinski definition) is 5. The summed E-state index contributed by atoms with van der Waals surface area (Å²) in [5, 5.41) is 0. The van der Waals surface area contributed by atoms with Crippen molar-refractivity contribution in [3.8, 4) is 0 Å². The summed E-state index contributed by atoms with van der Waals surface area (Å²) in [4.78, 5) is 11.9. The van der Waals surface area contributed by atoms with Crippen LogP contribution in [0.5, 0.6) is 0 Å². The number of rotatable bonds is 7. The molecule has 0 saturated carbocycles. The molecular weight excluding hydrogens is 308 g/mol. The molecule has 2 fully saturated rings. The molecule has 1 aromatic rings. The van der Waals surface area contributed by atoms with E-state index in [1.165, 1.54) is 0 Å². The third kappa shape index (κ3) is 4.15. The summed E-state index contributed by atoms with van der Waals surface area (Å²) < 4.78 is 22.0. The van der Waals surface area contributed by atoms with Crippen molar-refractivity contribution >= 4 is 5.97 Å². The zero-order chi connectivity index (χ0) is 16.8. The Labute approximate surface area is 143 Å². The molecule has 0 amide bonds.